The van der Waals surface area contributed by atoms with Crippen molar-refractivity contribution in [1.82, 2.24) is 4.98 Å². The zero-order valence-corrected chi connectivity index (χ0v) is 11.1. The summed E-state index contributed by atoms with van der Waals surface area (Å²) in [6, 6.07) is 0.475. The van der Waals surface area contributed by atoms with Crippen molar-refractivity contribution in [1.29, 1.82) is 0 Å². The van der Waals surface area contributed by atoms with E-state index in [-0.39, 0.29) is 0 Å². The Morgan fingerprint density at radius 2 is 1.29 bits per heavy atom. The first kappa shape index (κ1) is 18.1. The minimum Gasteiger partial charge on any atom is -0.423 e. The molecule has 0 fully saturated rings. The van der Waals surface area contributed by atoms with Gasteiger partial charge in [-0.1, -0.05) is 0 Å². The largest absolute Gasteiger partial charge is 0.489 e. The summed E-state index contributed by atoms with van der Waals surface area (Å²) in [5, 5.41) is 17.9. The van der Waals surface area contributed by atoms with Crippen LogP contribution in [0.5, 0.6) is 0 Å². The van der Waals surface area contributed by atoms with Crippen molar-refractivity contribution in [2.45, 2.75) is 6.18 Å². The fraction of sp³-hybridized carbons (Fsp3) is 0.0833. The molecule has 3 nitrogen and oxygen atoms in total. The highest BCUT2D eigenvalue weighted by Gasteiger charge is 2.42. The lowest BCUT2D eigenvalue weighted by Crippen LogP contribution is -2.37. The van der Waals surface area contributed by atoms with Crippen LogP contribution in [0.2, 0.25) is 0 Å². The van der Waals surface area contributed by atoms with E-state index in [4.69, 9.17) is 10.0 Å². The van der Waals surface area contributed by atoms with Crippen LogP contribution >= 0.6 is 0 Å². The van der Waals surface area contributed by atoms with Gasteiger partial charge in [0.1, 0.15) is 0 Å². The molecule has 0 saturated carbocycles. The van der Waals surface area contributed by atoms with Gasteiger partial charge < -0.3 is 10.0 Å². The predicted octanol–water partition coefficient (Wildman–Crippen LogP) is 2.14. The van der Waals surface area contributed by atoms with Gasteiger partial charge in [0.15, 0.2) is 23.3 Å². The van der Waals surface area contributed by atoms with Crippen LogP contribution in [0.4, 0.5) is 35.1 Å². The summed E-state index contributed by atoms with van der Waals surface area (Å²) in [4.78, 5) is 3.01. The number of aromatic nitrogens is 1. The first-order valence-corrected chi connectivity index (χ1v) is 5.92. The van der Waals surface area contributed by atoms with Gasteiger partial charge in [0, 0.05) is 6.20 Å². The molecule has 0 bridgehead atoms. The summed E-state index contributed by atoms with van der Waals surface area (Å²) in [5.41, 5.74) is -6.90. The number of hydrogen-bond donors (Lipinski definition) is 2. The molecule has 0 radical (unpaired) electrons. The molecule has 2 N–H and O–H groups in total. The highest BCUT2D eigenvalue weighted by atomic mass is 19.4. The van der Waals surface area contributed by atoms with E-state index in [2.05, 4.69) is 4.98 Å². The van der Waals surface area contributed by atoms with Crippen molar-refractivity contribution in [2.24, 2.45) is 0 Å². The maximum Gasteiger partial charge on any atom is 0.489 e. The van der Waals surface area contributed by atoms with Gasteiger partial charge in [-0.25, -0.2) is 22.0 Å². The number of alkyl halides is 3. The van der Waals surface area contributed by atoms with Crippen molar-refractivity contribution in [3.8, 4) is 11.3 Å². The molecule has 1 heterocycles. The van der Waals surface area contributed by atoms with E-state index < -0.39 is 64.7 Å². The molecule has 2 aromatic rings. The quantitative estimate of drug-likeness (QED) is 0.375. The molecule has 0 aliphatic heterocycles. The maximum absolute atomic E-state index is 13.7. The van der Waals surface area contributed by atoms with Crippen molar-refractivity contribution in [3.05, 3.63) is 46.9 Å². The lowest BCUT2D eigenvalue weighted by molar-refractivity contribution is -0.136. The van der Waals surface area contributed by atoms with Gasteiger partial charge in [-0.3, -0.25) is 4.98 Å². The van der Waals surface area contributed by atoms with Crippen LogP contribution in [0.25, 0.3) is 11.3 Å². The van der Waals surface area contributed by atoms with E-state index in [1.807, 2.05) is 0 Å². The van der Waals surface area contributed by atoms with E-state index in [1.54, 1.807) is 0 Å². The first-order chi connectivity index (χ1) is 11.0. The van der Waals surface area contributed by atoms with Crippen molar-refractivity contribution >= 4 is 12.6 Å². The first-order valence-electron chi connectivity index (χ1n) is 5.92. The number of halogens is 8. The van der Waals surface area contributed by atoms with Crippen LogP contribution in [0.3, 0.4) is 0 Å². The van der Waals surface area contributed by atoms with Gasteiger partial charge in [0.05, 0.1) is 16.8 Å². The Kier molecular flexibility index (Phi) is 4.55. The van der Waals surface area contributed by atoms with Gasteiger partial charge in [0.2, 0.25) is 5.82 Å². The van der Waals surface area contributed by atoms with Crippen LogP contribution in [0, 0.1) is 29.1 Å². The zero-order valence-electron chi connectivity index (χ0n) is 11.1. The third kappa shape index (κ3) is 2.82. The third-order valence-corrected chi connectivity index (χ3v) is 2.99. The molecule has 1 aromatic heterocycles. The molecule has 2 rings (SSSR count). The minimum absolute atomic E-state index is 0.475. The SMILES string of the molecule is OB(O)c1ccnc(-c2c(F)c(F)c(F)c(F)c2F)c1C(F)(F)F. The van der Waals surface area contributed by atoms with Crippen LogP contribution in [0.1, 0.15) is 5.56 Å². The summed E-state index contributed by atoms with van der Waals surface area (Å²) in [5.74, 6) is -12.5. The average molecular weight is 357 g/mol. The second kappa shape index (κ2) is 6.02. The number of benzene rings is 1. The zero-order chi connectivity index (χ0) is 18.4. The molecular weight excluding hydrogens is 353 g/mol. The number of pyridine rings is 1. The highest BCUT2D eigenvalue weighted by Crippen LogP contribution is 2.38. The highest BCUT2D eigenvalue weighted by molar-refractivity contribution is 6.59. The van der Waals surface area contributed by atoms with E-state index in [9.17, 15) is 35.1 Å². The van der Waals surface area contributed by atoms with E-state index >= 15 is 0 Å². The standard InChI is InChI=1S/C12H4BF8NO2/c14-6-4(7(15)9(17)10(18)8(6)16)11-5(12(19,20)21)3(13(23)24)1-2-22-11/h1-2,23-24H. The average Bonchev–Trinajstić information content (AvgIpc) is 2.50. The summed E-state index contributed by atoms with van der Waals surface area (Å²) in [7, 11) is -2.73. The van der Waals surface area contributed by atoms with Crippen LogP contribution < -0.4 is 5.46 Å². The molecule has 0 aliphatic rings. The second-order valence-electron chi connectivity index (χ2n) is 4.44. The fourth-order valence-corrected chi connectivity index (χ4v) is 1.99. The van der Waals surface area contributed by atoms with Crippen molar-refractivity contribution < 1.29 is 45.2 Å². The Balaban J connectivity index is 2.97. The molecule has 0 atom stereocenters. The monoisotopic (exact) mass is 357 g/mol. The second-order valence-corrected chi connectivity index (χ2v) is 4.44. The molecular formula is C12H4BF8NO2. The molecule has 0 aliphatic carbocycles. The molecule has 1 aromatic carbocycles. The van der Waals surface area contributed by atoms with E-state index in [1.165, 1.54) is 0 Å². The topological polar surface area (TPSA) is 53.4 Å². The smallest absolute Gasteiger partial charge is 0.423 e. The lowest BCUT2D eigenvalue weighted by Gasteiger charge is -2.17. The Morgan fingerprint density at radius 3 is 1.71 bits per heavy atom. The van der Waals surface area contributed by atoms with Crippen LogP contribution in [-0.2, 0) is 6.18 Å². The lowest BCUT2D eigenvalue weighted by atomic mass is 9.76. The summed E-state index contributed by atoms with van der Waals surface area (Å²) in [6.07, 6.45) is -4.93. The minimum atomic E-state index is -5.43. The predicted molar refractivity (Wildman–Crippen MR) is 64.3 cm³/mol. The molecule has 128 valence electrons. The normalized spacial score (nSPS) is 11.8. The summed E-state index contributed by atoms with van der Waals surface area (Å²) < 4.78 is 106. The number of rotatable bonds is 2. The van der Waals surface area contributed by atoms with Crippen molar-refractivity contribution in [2.75, 3.05) is 0 Å². The maximum atomic E-state index is 13.7. The van der Waals surface area contributed by atoms with Gasteiger partial charge in [-0.05, 0) is 11.5 Å². The van der Waals surface area contributed by atoms with Crippen molar-refractivity contribution in [3.63, 3.8) is 0 Å². The Labute approximate surface area is 128 Å². The van der Waals surface area contributed by atoms with E-state index in [0.29, 0.717) is 12.3 Å². The Bertz CT molecular complexity index is 780. The number of hydrogen-bond acceptors (Lipinski definition) is 3. The summed E-state index contributed by atoms with van der Waals surface area (Å²) in [6.45, 7) is 0. The molecule has 0 saturated heterocycles. The molecule has 0 unspecified atom stereocenters. The molecule has 12 heteroatoms. The van der Waals surface area contributed by atoms with Crippen LogP contribution in [-0.4, -0.2) is 22.2 Å². The van der Waals surface area contributed by atoms with Gasteiger partial charge in [-0.15, -0.1) is 0 Å². The van der Waals surface area contributed by atoms with Gasteiger partial charge in [-0.2, -0.15) is 13.2 Å². The Morgan fingerprint density at radius 1 is 0.833 bits per heavy atom. The number of nitrogens with zero attached hydrogens (tertiary/aromatic N) is 1. The third-order valence-electron chi connectivity index (χ3n) is 2.99. The van der Waals surface area contributed by atoms with E-state index in [0.717, 1.165) is 0 Å². The van der Waals surface area contributed by atoms with Gasteiger partial charge >= 0.3 is 13.3 Å². The van der Waals surface area contributed by atoms with Gasteiger partial charge in [0.25, 0.3) is 0 Å². The molecule has 0 amide bonds. The molecule has 24 heavy (non-hydrogen) atoms. The van der Waals surface area contributed by atoms with Crippen LogP contribution in [0.15, 0.2) is 12.3 Å². The fourth-order valence-electron chi connectivity index (χ4n) is 1.99. The summed E-state index contributed by atoms with van der Waals surface area (Å²) >= 11 is 0. The Hall–Kier alpha value is -2.21. The molecule has 0 spiro atoms.